The fraction of sp³-hybridized carbons (Fsp3) is 0.333. The molecule has 4 heteroatoms. The van der Waals surface area contributed by atoms with Crippen LogP contribution in [0.5, 0.6) is 0 Å². The number of amides is 1. The molecule has 0 radical (unpaired) electrons. The Hall–Kier alpha value is -2.46. The molecule has 0 aliphatic carbocycles. The Balaban J connectivity index is 1.26. The molecule has 0 unspecified atom stereocenters. The van der Waals surface area contributed by atoms with Gasteiger partial charge in [-0.1, -0.05) is 60.7 Å². The van der Waals surface area contributed by atoms with Gasteiger partial charge in [0.15, 0.2) is 0 Å². The first-order valence-corrected chi connectivity index (χ1v) is 10.9. The summed E-state index contributed by atoms with van der Waals surface area (Å²) >= 11 is 1.65. The van der Waals surface area contributed by atoms with Crippen LogP contribution in [-0.2, 0) is 24.1 Å². The van der Waals surface area contributed by atoms with Crippen molar-refractivity contribution in [3.8, 4) is 0 Å². The van der Waals surface area contributed by atoms with Gasteiger partial charge >= 0.3 is 0 Å². The van der Waals surface area contributed by atoms with Crippen LogP contribution < -0.4 is 0 Å². The molecule has 1 saturated heterocycles. The SMILES string of the molecule is O=C(Cc1csc(Cc2ccccc2)n1)N1CCC(Cc2ccccc2)CC1. The lowest BCUT2D eigenvalue weighted by molar-refractivity contribution is -0.131. The molecule has 1 aromatic heterocycles. The minimum absolute atomic E-state index is 0.217. The van der Waals surface area contributed by atoms with Crippen molar-refractivity contribution < 1.29 is 4.79 Å². The maximum atomic E-state index is 12.7. The molecule has 0 bridgehead atoms. The molecule has 3 aromatic rings. The minimum Gasteiger partial charge on any atom is -0.342 e. The zero-order valence-corrected chi connectivity index (χ0v) is 16.9. The summed E-state index contributed by atoms with van der Waals surface area (Å²) in [5.74, 6) is 0.901. The molecule has 2 aromatic carbocycles. The molecule has 1 aliphatic heterocycles. The van der Waals surface area contributed by atoms with Gasteiger partial charge in [0.05, 0.1) is 17.1 Å². The number of nitrogens with zero attached hydrogens (tertiary/aromatic N) is 2. The molecule has 3 nitrogen and oxygen atoms in total. The summed E-state index contributed by atoms with van der Waals surface area (Å²) in [6, 6.07) is 21.0. The van der Waals surface area contributed by atoms with E-state index in [1.54, 1.807) is 11.3 Å². The highest BCUT2D eigenvalue weighted by atomic mass is 32.1. The van der Waals surface area contributed by atoms with E-state index in [0.29, 0.717) is 12.3 Å². The highest BCUT2D eigenvalue weighted by molar-refractivity contribution is 7.09. The van der Waals surface area contributed by atoms with Gasteiger partial charge in [0.25, 0.3) is 0 Å². The van der Waals surface area contributed by atoms with Crippen LogP contribution in [0.3, 0.4) is 0 Å². The Labute approximate surface area is 171 Å². The van der Waals surface area contributed by atoms with Crippen LogP contribution in [-0.4, -0.2) is 28.9 Å². The summed E-state index contributed by atoms with van der Waals surface area (Å²) in [6.45, 7) is 1.74. The predicted molar refractivity (Wildman–Crippen MR) is 115 cm³/mol. The lowest BCUT2D eigenvalue weighted by Gasteiger charge is -2.32. The first-order chi connectivity index (χ1) is 13.8. The number of hydrogen-bond acceptors (Lipinski definition) is 3. The van der Waals surface area contributed by atoms with Crippen molar-refractivity contribution in [2.45, 2.75) is 32.1 Å². The van der Waals surface area contributed by atoms with Gasteiger partial charge in [0, 0.05) is 24.9 Å². The van der Waals surface area contributed by atoms with Gasteiger partial charge in [-0.25, -0.2) is 4.98 Å². The molecule has 0 N–H and O–H groups in total. The van der Waals surface area contributed by atoms with Gasteiger partial charge in [-0.3, -0.25) is 4.79 Å². The highest BCUT2D eigenvalue weighted by Gasteiger charge is 2.23. The summed E-state index contributed by atoms with van der Waals surface area (Å²) in [5.41, 5.74) is 3.57. The predicted octanol–water partition coefficient (Wildman–Crippen LogP) is 4.76. The van der Waals surface area contributed by atoms with Crippen LogP contribution in [0.25, 0.3) is 0 Å². The number of likely N-dealkylation sites (tertiary alicyclic amines) is 1. The summed E-state index contributed by atoms with van der Waals surface area (Å²) < 4.78 is 0. The second-order valence-corrected chi connectivity index (χ2v) is 8.53. The van der Waals surface area contributed by atoms with Crippen molar-refractivity contribution in [1.82, 2.24) is 9.88 Å². The van der Waals surface area contributed by atoms with Crippen LogP contribution in [0.1, 0.15) is 34.7 Å². The van der Waals surface area contributed by atoms with Crippen molar-refractivity contribution in [2.75, 3.05) is 13.1 Å². The number of benzene rings is 2. The normalized spacial score (nSPS) is 14.9. The van der Waals surface area contributed by atoms with Crippen LogP contribution in [0.15, 0.2) is 66.0 Å². The first kappa shape index (κ1) is 18.9. The third-order valence-corrected chi connectivity index (χ3v) is 6.36. The molecule has 0 saturated carbocycles. The minimum atomic E-state index is 0.217. The third kappa shape index (κ3) is 5.08. The van der Waals surface area contributed by atoms with E-state index in [1.165, 1.54) is 11.1 Å². The van der Waals surface area contributed by atoms with Crippen molar-refractivity contribution in [3.05, 3.63) is 87.9 Å². The van der Waals surface area contributed by atoms with Crippen LogP contribution in [0, 0.1) is 5.92 Å². The third-order valence-electron chi connectivity index (χ3n) is 5.46. The average molecular weight is 391 g/mol. The zero-order chi connectivity index (χ0) is 19.2. The van der Waals surface area contributed by atoms with Gasteiger partial charge in [-0.15, -0.1) is 11.3 Å². The van der Waals surface area contributed by atoms with Gasteiger partial charge in [0.1, 0.15) is 0 Å². The largest absolute Gasteiger partial charge is 0.342 e. The second-order valence-electron chi connectivity index (χ2n) is 7.59. The Bertz CT molecular complexity index is 883. The standard InChI is InChI=1S/C24H26N2OS/c27-24(17-22-18-28-23(25-22)16-20-9-5-2-6-10-20)26-13-11-21(12-14-26)15-19-7-3-1-4-8-19/h1-10,18,21H,11-17H2. The second kappa shape index (κ2) is 9.16. The van der Waals surface area contributed by atoms with Gasteiger partial charge in [0.2, 0.25) is 5.91 Å². The number of carbonyl (C=O) groups is 1. The molecular formula is C24H26N2OS. The highest BCUT2D eigenvalue weighted by Crippen LogP contribution is 2.22. The van der Waals surface area contributed by atoms with E-state index >= 15 is 0 Å². The lowest BCUT2D eigenvalue weighted by Crippen LogP contribution is -2.39. The van der Waals surface area contributed by atoms with Crippen molar-refractivity contribution in [2.24, 2.45) is 5.92 Å². The van der Waals surface area contributed by atoms with E-state index in [4.69, 9.17) is 0 Å². The van der Waals surface area contributed by atoms with Crippen molar-refractivity contribution >= 4 is 17.2 Å². The van der Waals surface area contributed by atoms with Crippen LogP contribution in [0.2, 0.25) is 0 Å². The average Bonchev–Trinajstić information content (AvgIpc) is 3.17. The molecule has 1 aliphatic rings. The van der Waals surface area contributed by atoms with Crippen LogP contribution in [0.4, 0.5) is 0 Å². The molecule has 144 valence electrons. The van der Waals surface area contributed by atoms with E-state index in [1.807, 2.05) is 16.3 Å². The molecule has 1 fully saturated rings. The molecular weight excluding hydrogens is 364 g/mol. The van der Waals surface area contributed by atoms with Gasteiger partial charge in [-0.05, 0) is 36.3 Å². The summed E-state index contributed by atoms with van der Waals surface area (Å²) in [6.07, 6.45) is 4.57. The zero-order valence-electron chi connectivity index (χ0n) is 16.1. The van der Waals surface area contributed by atoms with E-state index in [2.05, 4.69) is 59.6 Å². The number of piperidine rings is 1. The van der Waals surface area contributed by atoms with Gasteiger partial charge in [-0.2, -0.15) is 0 Å². The molecule has 0 atom stereocenters. The maximum Gasteiger partial charge on any atom is 0.228 e. The van der Waals surface area contributed by atoms with Crippen LogP contribution >= 0.6 is 11.3 Å². The van der Waals surface area contributed by atoms with Gasteiger partial charge < -0.3 is 4.90 Å². The molecule has 28 heavy (non-hydrogen) atoms. The maximum absolute atomic E-state index is 12.7. The smallest absolute Gasteiger partial charge is 0.228 e. The van der Waals surface area contributed by atoms with E-state index in [0.717, 1.165) is 49.5 Å². The Kier molecular flexibility index (Phi) is 6.17. The molecule has 0 spiro atoms. The molecule has 4 rings (SSSR count). The van der Waals surface area contributed by atoms with Crippen molar-refractivity contribution in [3.63, 3.8) is 0 Å². The quantitative estimate of drug-likeness (QED) is 0.608. The lowest BCUT2D eigenvalue weighted by atomic mass is 9.90. The summed E-state index contributed by atoms with van der Waals surface area (Å²) in [7, 11) is 0. The fourth-order valence-electron chi connectivity index (χ4n) is 3.88. The molecule has 2 heterocycles. The van der Waals surface area contributed by atoms with E-state index < -0.39 is 0 Å². The monoisotopic (exact) mass is 390 g/mol. The van der Waals surface area contributed by atoms with E-state index in [9.17, 15) is 4.79 Å². The number of hydrogen-bond donors (Lipinski definition) is 0. The number of carbonyl (C=O) groups excluding carboxylic acids is 1. The Morgan fingerprint density at radius 1 is 0.964 bits per heavy atom. The van der Waals surface area contributed by atoms with Crippen molar-refractivity contribution in [1.29, 1.82) is 0 Å². The topological polar surface area (TPSA) is 33.2 Å². The summed E-state index contributed by atoms with van der Waals surface area (Å²) in [4.78, 5) is 19.4. The number of thiazole rings is 1. The fourth-order valence-corrected chi connectivity index (χ4v) is 4.71. The molecule has 1 amide bonds. The number of aromatic nitrogens is 1. The van der Waals surface area contributed by atoms with E-state index in [-0.39, 0.29) is 5.91 Å². The number of rotatable bonds is 6. The first-order valence-electron chi connectivity index (χ1n) is 10.0. The Morgan fingerprint density at radius 3 is 2.29 bits per heavy atom. The summed E-state index contributed by atoms with van der Waals surface area (Å²) in [5, 5.41) is 3.12. The Morgan fingerprint density at radius 2 is 1.61 bits per heavy atom.